The number of ether oxygens (including phenoxy) is 2. The quantitative estimate of drug-likeness (QED) is 0.712. The van der Waals surface area contributed by atoms with Gasteiger partial charge in [-0.2, -0.15) is 0 Å². The second-order valence-electron chi connectivity index (χ2n) is 6.92. The number of carbonyl (C=O) groups excluding carboxylic acids is 1. The van der Waals surface area contributed by atoms with Crippen LogP contribution >= 0.6 is 0 Å². The van der Waals surface area contributed by atoms with Crippen molar-refractivity contribution in [2.45, 2.75) is 26.2 Å². The van der Waals surface area contributed by atoms with Gasteiger partial charge in [0.15, 0.2) is 5.78 Å². The van der Waals surface area contributed by atoms with E-state index in [-0.39, 0.29) is 17.6 Å². The van der Waals surface area contributed by atoms with Crippen LogP contribution in [0.3, 0.4) is 0 Å². The number of benzene rings is 2. The maximum atomic E-state index is 12.7. The lowest BCUT2D eigenvalue weighted by atomic mass is 9.72. The second-order valence-corrected chi connectivity index (χ2v) is 6.92. The van der Waals surface area contributed by atoms with E-state index in [1.54, 1.807) is 14.2 Å². The lowest BCUT2D eigenvalue weighted by Gasteiger charge is -2.31. The highest BCUT2D eigenvalue weighted by molar-refractivity contribution is 5.98. The fraction of sp³-hybridized carbons (Fsp3) is 0.292. The van der Waals surface area contributed by atoms with Crippen LogP contribution in [0.2, 0.25) is 0 Å². The first-order valence-corrected chi connectivity index (χ1v) is 9.24. The van der Waals surface area contributed by atoms with Crippen LogP contribution in [0.4, 0.5) is 0 Å². The number of ketones is 1. The smallest absolute Gasteiger partial charge is 0.159 e. The van der Waals surface area contributed by atoms with Gasteiger partial charge in [-0.25, -0.2) is 0 Å². The van der Waals surface area contributed by atoms with Crippen LogP contribution in [0.5, 0.6) is 11.5 Å². The highest BCUT2D eigenvalue weighted by Crippen LogP contribution is 2.43. The Morgan fingerprint density at radius 3 is 2.26 bits per heavy atom. The number of Topliss-reactive ketones (excluding diaryl/α,β-unsaturated/α-hetero) is 1. The molecule has 27 heavy (non-hydrogen) atoms. The predicted octanol–water partition coefficient (Wildman–Crippen LogP) is 5.43. The van der Waals surface area contributed by atoms with Gasteiger partial charge in [0.05, 0.1) is 14.2 Å². The molecule has 0 aromatic heterocycles. The van der Waals surface area contributed by atoms with Gasteiger partial charge in [0.25, 0.3) is 0 Å². The lowest BCUT2D eigenvalue weighted by Crippen LogP contribution is -2.24. The van der Waals surface area contributed by atoms with Crippen LogP contribution in [-0.2, 0) is 4.79 Å². The van der Waals surface area contributed by atoms with Gasteiger partial charge < -0.3 is 9.47 Å². The highest BCUT2D eigenvalue weighted by atomic mass is 16.5. The van der Waals surface area contributed by atoms with Gasteiger partial charge >= 0.3 is 0 Å². The number of hydrogen-bond acceptors (Lipinski definition) is 3. The molecule has 2 atom stereocenters. The molecule has 1 aliphatic carbocycles. The number of rotatable bonds is 5. The molecule has 2 aromatic carbocycles. The number of carbonyl (C=O) groups is 1. The number of methoxy groups -OCH3 is 2. The summed E-state index contributed by atoms with van der Waals surface area (Å²) in [4.78, 5) is 12.7. The fourth-order valence-corrected chi connectivity index (χ4v) is 3.86. The van der Waals surface area contributed by atoms with E-state index in [0.717, 1.165) is 33.8 Å². The average Bonchev–Trinajstić information content (AvgIpc) is 2.71. The second kappa shape index (κ2) is 8.26. The van der Waals surface area contributed by atoms with Gasteiger partial charge in [-0.05, 0) is 41.7 Å². The van der Waals surface area contributed by atoms with Crippen LogP contribution < -0.4 is 9.47 Å². The third-order valence-electron chi connectivity index (χ3n) is 5.47. The van der Waals surface area contributed by atoms with E-state index < -0.39 is 0 Å². The molecule has 0 unspecified atom stereocenters. The molecule has 3 heteroatoms. The van der Waals surface area contributed by atoms with Crippen LogP contribution in [0, 0.1) is 5.92 Å². The zero-order chi connectivity index (χ0) is 19.4. The Bertz CT molecular complexity index is 892. The Labute approximate surface area is 161 Å². The maximum absolute atomic E-state index is 12.7. The van der Waals surface area contributed by atoms with Crippen molar-refractivity contribution >= 4 is 11.9 Å². The molecule has 0 saturated carbocycles. The van der Waals surface area contributed by atoms with E-state index in [0.29, 0.717) is 6.42 Å². The minimum atomic E-state index is 0.106. The van der Waals surface area contributed by atoms with Crippen molar-refractivity contribution in [3.8, 4) is 11.5 Å². The topological polar surface area (TPSA) is 35.5 Å². The van der Waals surface area contributed by atoms with Crippen molar-refractivity contribution in [2.24, 2.45) is 5.92 Å². The molecule has 0 fully saturated rings. The third-order valence-corrected chi connectivity index (χ3v) is 5.47. The third kappa shape index (κ3) is 3.82. The monoisotopic (exact) mass is 362 g/mol. The Morgan fingerprint density at radius 1 is 0.926 bits per heavy atom. The van der Waals surface area contributed by atoms with E-state index >= 15 is 0 Å². The van der Waals surface area contributed by atoms with Gasteiger partial charge in [-0.3, -0.25) is 4.79 Å². The Hall–Kier alpha value is -2.81. The SMILES string of the molecule is COc1ccccc1/C=C\C1=C(C)C(=O)C[C@@H](c2ccccc2OC)[C@@H]1C. The largest absolute Gasteiger partial charge is 0.496 e. The van der Waals surface area contributed by atoms with Crippen molar-refractivity contribution in [1.29, 1.82) is 0 Å². The average molecular weight is 362 g/mol. The molecule has 2 aromatic rings. The maximum Gasteiger partial charge on any atom is 0.159 e. The molecule has 0 spiro atoms. The summed E-state index contributed by atoms with van der Waals surface area (Å²) >= 11 is 0. The standard InChI is InChI=1S/C24H26O3/c1-16-19(14-13-18-9-5-7-11-23(18)26-3)17(2)22(25)15-21(16)20-10-6-8-12-24(20)27-4/h5-14,16,21H,15H2,1-4H3/b14-13-/t16-,21-/m1/s1. The van der Waals surface area contributed by atoms with E-state index in [1.165, 1.54) is 0 Å². The van der Waals surface area contributed by atoms with Gasteiger partial charge in [-0.15, -0.1) is 0 Å². The molecule has 1 aliphatic rings. The summed E-state index contributed by atoms with van der Waals surface area (Å²) in [5.41, 5.74) is 4.02. The van der Waals surface area contributed by atoms with Crippen LogP contribution in [0.1, 0.15) is 37.3 Å². The van der Waals surface area contributed by atoms with Crippen LogP contribution in [0.25, 0.3) is 6.08 Å². The molecular formula is C24H26O3. The Balaban J connectivity index is 1.98. The zero-order valence-electron chi connectivity index (χ0n) is 16.4. The molecule has 0 bridgehead atoms. The summed E-state index contributed by atoms with van der Waals surface area (Å²) in [5.74, 6) is 2.18. The molecule has 3 rings (SSSR count). The number of allylic oxidation sites excluding steroid dienone is 3. The lowest BCUT2D eigenvalue weighted by molar-refractivity contribution is -0.116. The first kappa shape index (κ1) is 19.0. The minimum absolute atomic E-state index is 0.106. The summed E-state index contributed by atoms with van der Waals surface area (Å²) in [5, 5.41) is 0. The number of para-hydroxylation sites is 2. The van der Waals surface area contributed by atoms with Crippen molar-refractivity contribution in [1.82, 2.24) is 0 Å². The normalized spacial score (nSPS) is 20.2. The molecule has 0 heterocycles. The summed E-state index contributed by atoms with van der Waals surface area (Å²) in [6, 6.07) is 15.9. The summed E-state index contributed by atoms with van der Waals surface area (Å²) in [6.07, 6.45) is 4.61. The fourth-order valence-electron chi connectivity index (χ4n) is 3.86. The molecule has 0 radical (unpaired) electrons. The molecular weight excluding hydrogens is 336 g/mol. The van der Waals surface area contributed by atoms with Crippen molar-refractivity contribution in [3.63, 3.8) is 0 Å². The van der Waals surface area contributed by atoms with Crippen LogP contribution in [0.15, 0.2) is 65.8 Å². The minimum Gasteiger partial charge on any atom is -0.496 e. The van der Waals surface area contributed by atoms with Crippen molar-refractivity contribution in [2.75, 3.05) is 14.2 Å². The van der Waals surface area contributed by atoms with E-state index in [1.807, 2.05) is 55.5 Å². The first-order valence-electron chi connectivity index (χ1n) is 9.24. The van der Waals surface area contributed by atoms with Crippen LogP contribution in [-0.4, -0.2) is 20.0 Å². The highest BCUT2D eigenvalue weighted by Gasteiger charge is 2.33. The Morgan fingerprint density at radius 2 is 1.56 bits per heavy atom. The molecule has 140 valence electrons. The summed E-state index contributed by atoms with van der Waals surface area (Å²) in [6.45, 7) is 4.12. The molecule has 0 N–H and O–H groups in total. The molecule has 0 amide bonds. The van der Waals surface area contributed by atoms with E-state index in [4.69, 9.17) is 9.47 Å². The summed E-state index contributed by atoms with van der Waals surface area (Å²) in [7, 11) is 3.35. The van der Waals surface area contributed by atoms with E-state index in [9.17, 15) is 4.79 Å². The first-order chi connectivity index (χ1) is 13.1. The van der Waals surface area contributed by atoms with Crippen molar-refractivity contribution in [3.05, 3.63) is 76.9 Å². The Kier molecular flexibility index (Phi) is 5.80. The molecule has 0 aliphatic heterocycles. The van der Waals surface area contributed by atoms with Gasteiger partial charge in [0.2, 0.25) is 0 Å². The van der Waals surface area contributed by atoms with Gasteiger partial charge in [-0.1, -0.05) is 55.5 Å². The molecule has 0 saturated heterocycles. The molecule has 3 nitrogen and oxygen atoms in total. The van der Waals surface area contributed by atoms with E-state index in [2.05, 4.69) is 19.1 Å². The van der Waals surface area contributed by atoms with Gasteiger partial charge in [0.1, 0.15) is 11.5 Å². The zero-order valence-corrected chi connectivity index (χ0v) is 16.4. The van der Waals surface area contributed by atoms with Crippen molar-refractivity contribution < 1.29 is 14.3 Å². The summed E-state index contributed by atoms with van der Waals surface area (Å²) < 4.78 is 11.0. The number of hydrogen-bond donors (Lipinski definition) is 0. The van der Waals surface area contributed by atoms with Gasteiger partial charge in [0, 0.05) is 17.9 Å². The predicted molar refractivity (Wildman–Crippen MR) is 109 cm³/mol.